The van der Waals surface area contributed by atoms with Crippen molar-refractivity contribution in [2.75, 3.05) is 0 Å². The summed E-state index contributed by atoms with van der Waals surface area (Å²) >= 11 is 0.823. The van der Waals surface area contributed by atoms with E-state index < -0.39 is 11.6 Å². The Balaban J connectivity index is 2.40. The predicted molar refractivity (Wildman–Crippen MR) is 62.5 cm³/mol. The first kappa shape index (κ1) is 12.5. The molecule has 0 spiro atoms. The Labute approximate surface area is 106 Å². The fourth-order valence-electron chi connectivity index (χ4n) is 1.27. The summed E-state index contributed by atoms with van der Waals surface area (Å²) in [6.07, 6.45) is 1.43. The largest absolute Gasteiger partial charge is 0.384 e. The van der Waals surface area contributed by atoms with E-state index in [1.807, 2.05) is 0 Å². The molecule has 1 heterocycles. The summed E-state index contributed by atoms with van der Waals surface area (Å²) < 4.78 is 29.0. The summed E-state index contributed by atoms with van der Waals surface area (Å²) in [5.74, 6) is -1.95. The van der Waals surface area contributed by atoms with E-state index in [2.05, 4.69) is 10.2 Å². The van der Waals surface area contributed by atoms with Crippen LogP contribution in [0.4, 0.5) is 8.78 Å². The second-order valence-corrected chi connectivity index (χ2v) is 4.49. The lowest BCUT2D eigenvalue weighted by molar-refractivity contribution is 0.539. The molecule has 8 heteroatoms. The van der Waals surface area contributed by atoms with Crippen molar-refractivity contribution < 1.29 is 8.78 Å². The molecule has 0 aliphatic rings. The van der Waals surface area contributed by atoms with E-state index in [0.717, 1.165) is 23.9 Å². The molecule has 5 nitrogen and oxygen atoms in total. The van der Waals surface area contributed by atoms with Crippen molar-refractivity contribution in [2.24, 2.45) is 12.8 Å². The number of halogens is 2. The van der Waals surface area contributed by atoms with Gasteiger partial charge < -0.3 is 10.3 Å². The number of nitrogen functional groups attached to an aromatic ring is 1. The second kappa shape index (κ2) is 4.73. The normalized spacial score (nSPS) is 10.6. The maximum absolute atomic E-state index is 13.7. The second-order valence-electron chi connectivity index (χ2n) is 3.51. The summed E-state index contributed by atoms with van der Waals surface area (Å²) in [6, 6.07) is 2.04. The maximum atomic E-state index is 13.7. The third kappa shape index (κ3) is 2.33. The van der Waals surface area contributed by atoms with E-state index in [-0.39, 0.29) is 16.3 Å². The first-order valence-electron chi connectivity index (χ1n) is 4.84. The van der Waals surface area contributed by atoms with Crippen LogP contribution in [0, 0.1) is 17.0 Å². The van der Waals surface area contributed by atoms with E-state index in [9.17, 15) is 8.78 Å². The van der Waals surface area contributed by atoms with Crippen LogP contribution in [-0.2, 0) is 7.05 Å². The van der Waals surface area contributed by atoms with Crippen LogP contribution in [-0.4, -0.2) is 20.6 Å². The van der Waals surface area contributed by atoms with E-state index in [4.69, 9.17) is 11.1 Å². The molecular formula is C10H9F2N5S. The van der Waals surface area contributed by atoms with Gasteiger partial charge in [0.15, 0.2) is 5.16 Å². The minimum atomic E-state index is -0.784. The Bertz CT molecular complexity index is 587. The van der Waals surface area contributed by atoms with Crippen LogP contribution in [0.15, 0.2) is 28.5 Å². The van der Waals surface area contributed by atoms with Crippen molar-refractivity contribution in [2.45, 2.75) is 10.1 Å². The fraction of sp³-hybridized carbons (Fsp3) is 0.100. The zero-order chi connectivity index (χ0) is 13.3. The van der Waals surface area contributed by atoms with Crippen LogP contribution < -0.4 is 5.73 Å². The zero-order valence-corrected chi connectivity index (χ0v) is 10.1. The van der Waals surface area contributed by atoms with Gasteiger partial charge in [0, 0.05) is 12.6 Å². The van der Waals surface area contributed by atoms with Crippen molar-refractivity contribution in [3.63, 3.8) is 0 Å². The van der Waals surface area contributed by atoms with Gasteiger partial charge in [-0.05, 0) is 23.9 Å². The molecular weight excluding hydrogens is 260 g/mol. The highest BCUT2D eigenvalue weighted by Crippen LogP contribution is 2.31. The Morgan fingerprint density at radius 2 is 2.00 bits per heavy atom. The average Bonchev–Trinajstić information content (AvgIpc) is 2.69. The van der Waals surface area contributed by atoms with E-state index in [0.29, 0.717) is 5.16 Å². The summed E-state index contributed by atoms with van der Waals surface area (Å²) in [4.78, 5) is -0.198. The predicted octanol–water partition coefficient (Wildman–Crippen LogP) is 1.53. The molecule has 18 heavy (non-hydrogen) atoms. The van der Waals surface area contributed by atoms with Gasteiger partial charge in [-0.25, -0.2) is 8.78 Å². The number of rotatable bonds is 3. The molecule has 0 saturated carbocycles. The van der Waals surface area contributed by atoms with E-state index in [1.54, 1.807) is 11.6 Å². The lowest BCUT2D eigenvalue weighted by Crippen LogP contribution is -2.12. The SMILES string of the molecule is Cn1cnnc1Sc1c(F)cc(C(=N)N)cc1F. The van der Waals surface area contributed by atoms with Gasteiger partial charge in [0.1, 0.15) is 23.8 Å². The number of aryl methyl sites for hydroxylation is 1. The fourth-order valence-corrected chi connectivity index (χ4v) is 2.04. The Morgan fingerprint density at radius 1 is 1.39 bits per heavy atom. The number of aromatic nitrogens is 3. The summed E-state index contributed by atoms with van der Waals surface area (Å²) in [5, 5.41) is 14.8. The molecule has 0 radical (unpaired) electrons. The summed E-state index contributed by atoms with van der Waals surface area (Å²) in [7, 11) is 1.67. The molecule has 0 saturated heterocycles. The zero-order valence-electron chi connectivity index (χ0n) is 9.32. The number of benzene rings is 1. The standard InChI is InChI=1S/C10H9F2N5S/c1-17-4-15-16-10(17)18-8-6(11)2-5(9(13)14)3-7(8)12/h2-4H,1H3,(H3,13,14). The quantitative estimate of drug-likeness (QED) is 0.654. The van der Waals surface area contributed by atoms with Crippen molar-refractivity contribution in [1.82, 2.24) is 14.8 Å². The maximum Gasteiger partial charge on any atom is 0.195 e. The minimum Gasteiger partial charge on any atom is -0.384 e. The van der Waals surface area contributed by atoms with Gasteiger partial charge in [-0.15, -0.1) is 10.2 Å². The molecule has 3 N–H and O–H groups in total. The molecule has 0 aliphatic heterocycles. The lowest BCUT2D eigenvalue weighted by Gasteiger charge is -2.06. The van der Waals surface area contributed by atoms with Crippen molar-refractivity contribution in [1.29, 1.82) is 5.41 Å². The molecule has 0 fully saturated rings. The number of nitrogens with one attached hydrogen (secondary N) is 1. The van der Waals surface area contributed by atoms with Crippen LogP contribution in [0.1, 0.15) is 5.56 Å². The van der Waals surface area contributed by atoms with Gasteiger partial charge in [-0.2, -0.15) is 0 Å². The molecule has 2 rings (SSSR count). The molecule has 1 aromatic heterocycles. The first-order chi connectivity index (χ1) is 8.49. The molecule has 0 atom stereocenters. The number of hydrogen-bond donors (Lipinski definition) is 2. The van der Waals surface area contributed by atoms with Crippen molar-refractivity contribution in [3.8, 4) is 0 Å². The highest BCUT2D eigenvalue weighted by Gasteiger charge is 2.16. The Kier molecular flexibility index (Phi) is 3.28. The van der Waals surface area contributed by atoms with Gasteiger partial charge >= 0.3 is 0 Å². The highest BCUT2D eigenvalue weighted by atomic mass is 32.2. The molecule has 0 bridgehead atoms. The smallest absolute Gasteiger partial charge is 0.195 e. The highest BCUT2D eigenvalue weighted by molar-refractivity contribution is 7.99. The van der Waals surface area contributed by atoms with E-state index in [1.165, 1.54) is 6.33 Å². The first-order valence-corrected chi connectivity index (χ1v) is 5.66. The molecule has 1 aromatic carbocycles. The van der Waals surface area contributed by atoms with Gasteiger partial charge in [0.25, 0.3) is 0 Å². The van der Waals surface area contributed by atoms with Crippen LogP contribution in [0.25, 0.3) is 0 Å². The third-order valence-electron chi connectivity index (χ3n) is 2.17. The monoisotopic (exact) mass is 269 g/mol. The minimum absolute atomic E-state index is 0.00677. The third-order valence-corrected chi connectivity index (χ3v) is 3.32. The molecule has 0 aliphatic carbocycles. The number of hydrogen-bond acceptors (Lipinski definition) is 4. The number of nitrogens with two attached hydrogens (primary N) is 1. The van der Waals surface area contributed by atoms with Crippen LogP contribution in [0.5, 0.6) is 0 Å². The molecule has 0 unspecified atom stereocenters. The number of nitrogens with zero attached hydrogens (tertiary/aromatic N) is 3. The van der Waals surface area contributed by atoms with Crippen molar-refractivity contribution >= 4 is 17.6 Å². The van der Waals surface area contributed by atoms with Crippen molar-refractivity contribution in [3.05, 3.63) is 35.7 Å². The van der Waals surface area contributed by atoms with Crippen LogP contribution in [0.2, 0.25) is 0 Å². The summed E-state index contributed by atoms with van der Waals surface area (Å²) in [6.45, 7) is 0. The number of amidine groups is 1. The molecule has 2 aromatic rings. The van der Waals surface area contributed by atoms with Gasteiger partial charge in [-0.1, -0.05) is 0 Å². The van der Waals surface area contributed by atoms with Gasteiger partial charge in [-0.3, -0.25) is 5.41 Å². The Morgan fingerprint density at radius 3 is 2.44 bits per heavy atom. The van der Waals surface area contributed by atoms with Crippen LogP contribution >= 0.6 is 11.8 Å². The molecule has 94 valence electrons. The lowest BCUT2D eigenvalue weighted by atomic mass is 10.2. The average molecular weight is 269 g/mol. The van der Waals surface area contributed by atoms with Gasteiger partial charge in [0.05, 0.1) is 4.90 Å². The summed E-state index contributed by atoms with van der Waals surface area (Å²) in [5.41, 5.74) is 5.19. The Hall–Kier alpha value is -1.96. The van der Waals surface area contributed by atoms with E-state index >= 15 is 0 Å². The van der Waals surface area contributed by atoms with Gasteiger partial charge in [0.2, 0.25) is 0 Å². The topological polar surface area (TPSA) is 80.6 Å². The van der Waals surface area contributed by atoms with Crippen LogP contribution in [0.3, 0.4) is 0 Å². The molecule has 0 amide bonds.